The molecule has 6 heteroatoms. The number of nitrogens with zero attached hydrogens (tertiary/aromatic N) is 3. The van der Waals surface area contributed by atoms with Gasteiger partial charge in [0.15, 0.2) is 0 Å². The minimum absolute atomic E-state index is 1.11. The van der Waals surface area contributed by atoms with Crippen molar-refractivity contribution in [2.75, 3.05) is 14.7 Å². The van der Waals surface area contributed by atoms with E-state index in [9.17, 15) is 0 Å². The lowest BCUT2D eigenvalue weighted by Crippen LogP contribution is -2.12. The van der Waals surface area contributed by atoms with Gasteiger partial charge in [0.05, 0.1) is 22.7 Å². The molecule has 3 nitrogen and oxygen atoms in total. The second kappa shape index (κ2) is 36.0. The number of hydrogen-bond donors (Lipinski definition) is 0. The van der Waals surface area contributed by atoms with Crippen molar-refractivity contribution >= 4 is 119 Å². The second-order valence-electron chi connectivity index (χ2n) is 33.2. The normalized spacial score (nSPS) is 11.7. The fourth-order valence-corrected chi connectivity index (χ4v) is 22.7. The van der Waals surface area contributed by atoms with Crippen molar-refractivity contribution in [3.8, 4) is 111 Å². The van der Waals surface area contributed by atoms with Crippen LogP contribution in [0.25, 0.3) is 144 Å². The molecule has 0 aromatic heterocycles. The molecule has 622 valence electrons. The van der Waals surface area contributed by atoms with E-state index in [0.29, 0.717) is 0 Å². The van der Waals surface area contributed by atoms with Gasteiger partial charge in [0, 0.05) is 79.5 Å². The summed E-state index contributed by atoms with van der Waals surface area (Å²) in [6.45, 7) is 0. The zero-order valence-electron chi connectivity index (χ0n) is 72.1. The van der Waals surface area contributed by atoms with Crippen LogP contribution in [0.15, 0.2) is 545 Å². The highest BCUT2D eigenvalue weighted by molar-refractivity contribution is 8.00. The lowest BCUT2D eigenvalue weighted by molar-refractivity contribution is 1.29. The molecule has 0 amide bonds. The van der Waals surface area contributed by atoms with E-state index in [1.54, 1.807) is 0 Å². The summed E-state index contributed by atoms with van der Waals surface area (Å²) in [5.41, 5.74) is 35.1. The van der Waals surface area contributed by atoms with Crippen molar-refractivity contribution in [2.24, 2.45) is 0 Å². The van der Waals surface area contributed by atoms with Gasteiger partial charge in [0.1, 0.15) is 0 Å². The van der Waals surface area contributed by atoms with Crippen LogP contribution >= 0.6 is 35.3 Å². The predicted molar refractivity (Wildman–Crippen MR) is 563 cm³/mol. The first-order chi connectivity index (χ1) is 65.5. The Balaban J connectivity index is 0.000000114. The van der Waals surface area contributed by atoms with Crippen LogP contribution in [-0.4, -0.2) is 0 Å². The molecule has 3 aliphatic rings. The quantitative estimate of drug-likeness (QED) is 0.113. The Bertz CT molecular complexity index is 7740. The highest BCUT2D eigenvalue weighted by Crippen LogP contribution is 2.57. The van der Waals surface area contributed by atoms with E-state index >= 15 is 0 Å². The second-order valence-corrected chi connectivity index (χ2v) is 36.4. The van der Waals surface area contributed by atoms with Crippen LogP contribution in [-0.2, 0) is 0 Å². The zero-order chi connectivity index (χ0) is 87.6. The Kier molecular flexibility index (Phi) is 22.0. The van der Waals surface area contributed by atoms with Crippen molar-refractivity contribution in [1.29, 1.82) is 0 Å². The lowest BCUT2D eigenvalue weighted by atomic mass is 9.89. The van der Waals surface area contributed by atoms with E-state index in [1.807, 2.05) is 35.3 Å². The SMILES string of the molecule is c1ccc(-c2ccc(N(c3ccc(-c4ccccc4)cc3)c3ccc4c5c(cccc35)-c3ccccc3Sc3ccccc3-4)cc2)cc1.c1ccc(-c2ccc(N(c3ccccc3-c3ccccc3)c3ccc4c5c(cccc35)-c3ccccc3Sc3ccccc3-4)cc2)cc1.c1ccc(N(c2ccccc2)c2ccc3c4c(cccc24)-c2ccccc2Sc2ccccc2-3)cc1. The van der Waals surface area contributed by atoms with Crippen molar-refractivity contribution in [2.45, 2.75) is 29.4 Å². The molecule has 132 heavy (non-hydrogen) atoms. The van der Waals surface area contributed by atoms with Gasteiger partial charge in [0.2, 0.25) is 0 Å². The van der Waals surface area contributed by atoms with E-state index in [2.05, 4.69) is 530 Å². The molecule has 0 N–H and O–H groups in total. The Hall–Kier alpha value is -15.9. The van der Waals surface area contributed by atoms with Crippen molar-refractivity contribution < 1.29 is 0 Å². The fourth-order valence-electron chi connectivity index (χ4n) is 19.4. The lowest BCUT2D eigenvalue weighted by Gasteiger charge is -2.30. The molecule has 0 saturated heterocycles. The first kappa shape index (κ1) is 80.6. The first-order valence-corrected chi connectivity index (χ1v) is 47.4. The average molecular weight is 1740 g/mol. The van der Waals surface area contributed by atoms with Crippen LogP contribution in [0.1, 0.15) is 0 Å². The summed E-state index contributed by atoms with van der Waals surface area (Å²) in [5, 5.41) is 7.54. The maximum Gasteiger partial charge on any atom is 0.0540 e. The monoisotopic (exact) mass is 1740 g/mol. The van der Waals surface area contributed by atoms with Gasteiger partial charge < -0.3 is 14.7 Å². The third kappa shape index (κ3) is 15.4. The first-order valence-electron chi connectivity index (χ1n) is 44.9. The maximum atomic E-state index is 2.45. The molecule has 3 heterocycles. The molecule has 0 fully saturated rings. The van der Waals surface area contributed by atoms with Gasteiger partial charge in [-0.15, -0.1) is 0 Å². The Morgan fingerprint density at radius 1 is 0.114 bits per heavy atom. The smallest absolute Gasteiger partial charge is 0.0540 e. The van der Waals surface area contributed by atoms with Crippen LogP contribution in [0.4, 0.5) is 51.2 Å². The summed E-state index contributed by atoms with van der Waals surface area (Å²) in [6.07, 6.45) is 0. The van der Waals surface area contributed by atoms with E-state index < -0.39 is 0 Å². The summed E-state index contributed by atoms with van der Waals surface area (Å²) in [4.78, 5) is 14.9. The van der Waals surface area contributed by atoms with E-state index in [4.69, 9.17) is 0 Å². The zero-order valence-corrected chi connectivity index (χ0v) is 74.6. The molecule has 0 bridgehead atoms. The number of anilines is 9. The molecular formula is C126H85N3S3. The maximum absolute atomic E-state index is 2.45. The minimum atomic E-state index is 1.11. The summed E-state index contributed by atoms with van der Waals surface area (Å²) < 4.78 is 0. The third-order valence-electron chi connectivity index (χ3n) is 25.5. The standard InChI is InChI=1S/2C46H31NS.C34H23NS/c1-3-14-32(15-4-1)33-26-28-35(29-27-33)47(42-23-10-7-18-36(42)34-16-5-2-6-17-34)43-31-30-40-38-20-9-12-25-45(38)48-44-24-11-8-19-37(44)39-21-13-22-41(43)46(39)40;1-3-12-32(13-4-1)34-22-26-36(27-23-34)47(37-28-24-35(25-29-37)33-14-5-2-6-15-33)43-31-30-41-39-17-8-10-21-45(39)48-44-20-9-7-16-38(44)40-18-11-19-42(43)46(40)41;1-3-12-24(13-4-1)35(25-14-5-2-6-15-25)31-23-22-29-27-17-8-10-21-33(27)36-32-20-9-7-16-26(32)28-18-11-19-30(31)34(28)29/h2*1-31H;1-23H. The van der Waals surface area contributed by atoms with Crippen LogP contribution < -0.4 is 14.7 Å². The number of rotatable bonds is 13. The van der Waals surface area contributed by atoms with Crippen LogP contribution in [0.5, 0.6) is 0 Å². The topological polar surface area (TPSA) is 9.72 Å². The molecule has 25 rings (SSSR count). The van der Waals surface area contributed by atoms with Gasteiger partial charge in [-0.25, -0.2) is 0 Å². The van der Waals surface area contributed by atoms with Gasteiger partial charge in [-0.3, -0.25) is 0 Å². The summed E-state index contributed by atoms with van der Waals surface area (Å²) in [7, 11) is 0. The summed E-state index contributed by atoms with van der Waals surface area (Å²) >= 11 is 5.57. The predicted octanol–water partition coefficient (Wildman–Crippen LogP) is 37.0. The van der Waals surface area contributed by atoms with Crippen molar-refractivity contribution in [3.05, 3.63) is 516 Å². The van der Waals surface area contributed by atoms with Gasteiger partial charge in [-0.2, -0.15) is 0 Å². The molecule has 0 aliphatic carbocycles. The number of fused-ring (bicyclic) bond motifs is 12. The molecule has 22 aromatic carbocycles. The summed E-state index contributed by atoms with van der Waals surface area (Å²) in [6, 6.07) is 187. The molecule has 0 spiro atoms. The van der Waals surface area contributed by atoms with E-state index in [1.165, 1.54) is 179 Å². The van der Waals surface area contributed by atoms with E-state index in [0.717, 1.165) is 45.5 Å². The average Bonchev–Trinajstić information content (AvgIpc) is 0.733. The van der Waals surface area contributed by atoms with Gasteiger partial charge in [-0.05, 0) is 243 Å². The number of benzene rings is 22. The molecular weight excluding hydrogens is 1650 g/mol. The Labute approximate surface area is 783 Å². The highest BCUT2D eigenvalue weighted by Gasteiger charge is 2.30. The van der Waals surface area contributed by atoms with Gasteiger partial charge in [-0.1, -0.05) is 430 Å². The largest absolute Gasteiger partial charge is 0.310 e. The van der Waals surface area contributed by atoms with E-state index in [-0.39, 0.29) is 0 Å². The molecule has 0 saturated carbocycles. The highest BCUT2D eigenvalue weighted by atomic mass is 32.2. The minimum Gasteiger partial charge on any atom is -0.310 e. The van der Waals surface area contributed by atoms with Gasteiger partial charge >= 0.3 is 0 Å². The summed E-state index contributed by atoms with van der Waals surface area (Å²) in [5.74, 6) is 0. The number of hydrogen-bond acceptors (Lipinski definition) is 6. The van der Waals surface area contributed by atoms with Crippen molar-refractivity contribution in [1.82, 2.24) is 0 Å². The van der Waals surface area contributed by atoms with Crippen molar-refractivity contribution in [3.63, 3.8) is 0 Å². The van der Waals surface area contributed by atoms with Crippen LogP contribution in [0, 0.1) is 0 Å². The van der Waals surface area contributed by atoms with Crippen LogP contribution in [0.2, 0.25) is 0 Å². The fraction of sp³-hybridized carbons (Fsp3) is 0. The van der Waals surface area contributed by atoms with Gasteiger partial charge in [0.25, 0.3) is 0 Å². The van der Waals surface area contributed by atoms with Crippen LogP contribution in [0.3, 0.4) is 0 Å². The molecule has 3 aliphatic heterocycles. The third-order valence-corrected chi connectivity index (χ3v) is 28.9. The number of para-hydroxylation sites is 3. The Morgan fingerprint density at radius 2 is 0.318 bits per heavy atom. The Morgan fingerprint density at radius 3 is 0.614 bits per heavy atom. The molecule has 0 unspecified atom stereocenters. The molecule has 0 atom stereocenters. The molecule has 22 aromatic rings. The molecule has 0 radical (unpaired) electrons.